The lowest BCUT2D eigenvalue weighted by molar-refractivity contribution is 0.0827. The number of aliphatic imine (C=N–C) groups is 1. The minimum absolute atomic E-state index is 0.0160. The van der Waals surface area contributed by atoms with Crippen molar-refractivity contribution in [2.75, 3.05) is 58.4 Å². The summed E-state index contributed by atoms with van der Waals surface area (Å²) in [6, 6.07) is 11.8. The molecular weight excluding hydrogens is 404 g/mol. The molecule has 172 valence electrons. The third-order valence-corrected chi connectivity index (χ3v) is 5.22. The summed E-state index contributed by atoms with van der Waals surface area (Å²) in [6.45, 7) is 7.24. The fraction of sp³-hybridized carbons (Fsp3) is 0.458. The van der Waals surface area contributed by atoms with Crippen molar-refractivity contribution in [2.24, 2.45) is 4.99 Å². The number of guanidine groups is 1. The van der Waals surface area contributed by atoms with Gasteiger partial charge < -0.3 is 25.2 Å². The van der Waals surface area contributed by atoms with Crippen LogP contribution in [0.25, 0.3) is 0 Å². The first-order chi connectivity index (χ1) is 15.6. The smallest absolute Gasteiger partial charge is 0.253 e. The van der Waals surface area contributed by atoms with Crippen LogP contribution in [0.4, 0.5) is 5.82 Å². The summed E-state index contributed by atoms with van der Waals surface area (Å²) >= 11 is 0. The molecule has 8 heteroatoms. The molecule has 2 aromatic rings. The van der Waals surface area contributed by atoms with E-state index in [4.69, 9.17) is 9.73 Å². The summed E-state index contributed by atoms with van der Waals surface area (Å²) in [6.07, 6.45) is 2.63. The van der Waals surface area contributed by atoms with Gasteiger partial charge in [0.15, 0.2) is 5.96 Å². The summed E-state index contributed by atoms with van der Waals surface area (Å²) in [5, 5.41) is 6.71. The first-order valence-electron chi connectivity index (χ1n) is 11.2. The van der Waals surface area contributed by atoms with Crippen molar-refractivity contribution in [3.05, 3.63) is 59.3 Å². The summed E-state index contributed by atoms with van der Waals surface area (Å²) < 4.78 is 5.47. The van der Waals surface area contributed by atoms with Crippen LogP contribution >= 0.6 is 0 Å². The highest BCUT2D eigenvalue weighted by Gasteiger charge is 2.15. The summed E-state index contributed by atoms with van der Waals surface area (Å²) in [4.78, 5) is 25.4. The van der Waals surface area contributed by atoms with Crippen LogP contribution in [0.5, 0.6) is 0 Å². The Kier molecular flexibility index (Phi) is 8.86. The van der Waals surface area contributed by atoms with Gasteiger partial charge in [0.05, 0.1) is 19.8 Å². The zero-order chi connectivity index (χ0) is 22.8. The first kappa shape index (κ1) is 23.5. The minimum atomic E-state index is 0.0160. The van der Waals surface area contributed by atoms with Crippen molar-refractivity contribution in [3.63, 3.8) is 0 Å². The maximum atomic E-state index is 12.2. The maximum absolute atomic E-state index is 12.2. The molecule has 2 heterocycles. The highest BCUT2D eigenvalue weighted by molar-refractivity contribution is 5.94. The van der Waals surface area contributed by atoms with E-state index < -0.39 is 0 Å². The highest BCUT2D eigenvalue weighted by atomic mass is 16.5. The molecule has 1 aromatic heterocycles. The molecule has 0 spiro atoms. The number of carbonyl (C=O) groups is 1. The van der Waals surface area contributed by atoms with Gasteiger partial charge in [-0.05, 0) is 37.1 Å². The molecule has 0 radical (unpaired) electrons. The van der Waals surface area contributed by atoms with Gasteiger partial charge in [-0.1, -0.05) is 18.2 Å². The second-order valence-corrected chi connectivity index (χ2v) is 7.86. The molecule has 1 fully saturated rings. The van der Waals surface area contributed by atoms with E-state index in [1.54, 1.807) is 19.0 Å². The standard InChI is InChI=1S/C24H34N6O2/c1-4-25-24(27-12-10-19-7-5-8-20(17-19)23(31)29(2)3)28-18-21-9-6-11-26-22(21)30-13-15-32-16-14-30/h5-9,11,17H,4,10,12-16,18H2,1-3H3,(H2,25,27,28). The Morgan fingerprint density at radius 1 is 1.19 bits per heavy atom. The Balaban J connectivity index is 1.60. The normalized spacial score (nSPS) is 14.2. The lowest BCUT2D eigenvalue weighted by atomic mass is 10.1. The fourth-order valence-corrected chi connectivity index (χ4v) is 3.56. The molecule has 1 aliphatic rings. The maximum Gasteiger partial charge on any atom is 0.253 e. The Morgan fingerprint density at radius 3 is 2.75 bits per heavy atom. The summed E-state index contributed by atoms with van der Waals surface area (Å²) in [5.41, 5.74) is 2.92. The van der Waals surface area contributed by atoms with Gasteiger partial charge in [0.25, 0.3) is 5.91 Å². The molecule has 2 N–H and O–H groups in total. The molecule has 0 saturated carbocycles. The SMILES string of the molecule is CCNC(=NCc1cccnc1N1CCOCC1)NCCc1cccc(C(=O)N(C)C)c1. The van der Waals surface area contributed by atoms with Crippen LogP contribution in [-0.4, -0.2) is 75.2 Å². The largest absolute Gasteiger partial charge is 0.378 e. The number of rotatable bonds is 8. The Hall–Kier alpha value is -3.13. The van der Waals surface area contributed by atoms with E-state index in [0.717, 1.165) is 68.7 Å². The van der Waals surface area contributed by atoms with Gasteiger partial charge in [0, 0.05) is 57.6 Å². The van der Waals surface area contributed by atoms with Crippen LogP contribution in [0.15, 0.2) is 47.6 Å². The first-order valence-corrected chi connectivity index (χ1v) is 11.2. The average Bonchev–Trinajstić information content (AvgIpc) is 2.83. The number of anilines is 1. The third-order valence-electron chi connectivity index (χ3n) is 5.22. The molecule has 8 nitrogen and oxygen atoms in total. The monoisotopic (exact) mass is 438 g/mol. The zero-order valence-electron chi connectivity index (χ0n) is 19.3. The predicted octanol–water partition coefficient (Wildman–Crippen LogP) is 1.92. The molecule has 1 saturated heterocycles. The number of benzene rings is 1. The minimum Gasteiger partial charge on any atom is -0.378 e. The quantitative estimate of drug-likeness (QED) is 0.484. The topological polar surface area (TPSA) is 82.1 Å². The number of morpholine rings is 1. The van der Waals surface area contributed by atoms with Crippen LogP contribution in [0, 0.1) is 0 Å². The van der Waals surface area contributed by atoms with E-state index in [1.165, 1.54) is 0 Å². The van der Waals surface area contributed by atoms with E-state index in [2.05, 4.69) is 33.5 Å². The van der Waals surface area contributed by atoms with Crippen LogP contribution in [0.3, 0.4) is 0 Å². The van der Waals surface area contributed by atoms with Gasteiger partial charge in [0.1, 0.15) is 5.82 Å². The molecule has 1 amide bonds. The van der Waals surface area contributed by atoms with E-state index in [-0.39, 0.29) is 5.91 Å². The summed E-state index contributed by atoms with van der Waals surface area (Å²) in [5.74, 6) is 1.77. The molecule has 32 heavy (non-hydrogen) atoms. The van der Waals surface area contributed by atoms with Crippen LogP contribution in [-0.2, 0) is 17.7 Å². The third kappa shape index (κ3) is 6.68. The van der Waals surface area contributed by atoms with Crippen molar-refractivity contribution >= 4 is 17.7 Å². The number of nitrogens with one attached hydrogen (secondary N) is 2. The Morgan fingerprint density at radius 2 is 2.00 bits per heavy atom. The highest BCUT2D eigenvalue weighted by Crippen LogP contribution is 2.19. The van der Waals surface area contributed by atoms with Crippen molar-refractivity contribution < 1.29 is 9.53 Å². The molecular formula is C24H34N6O2. The molecule has 1 aromatic carbocycles. The predicted molar refractivity (Wildman–Crippen MR) is 128 cm³/mol. The fourth-order valence-electron chi connectivity index (χ4n) is 3.56. The van der Waals surface area contributed by atoms with Gasteiger partial charge in [-0.25, -0.2) is 9.98 Å². The van der Waals surface area contributed by atoms with Crippen molar-refractivity contribution in [3.8, 4) is 0 Å². The Labute approximate surface area is 190 Å². The van der Waals surface area contributed by atoms with Crippen LogP contribution in [0.1, 0.15) is 28.4 Å². The summed E-state index contributed by atoms with van der Waals surface area (Å²) in [7, 11) is 3.53. The molecule has 3 rings (SSSR count). The average molecular weight is 439 g/mol. The van der Waals surface area contributed by atoms with Crippen LogP contribution < -0.4 is 15.5 Å². The van der Waals surface area contributed by atoms with E-state index >= 15 is 0 Å². The van der Waals surface area contributed by atoms with E-state index in [0.29, 0.717) is 12.1 Å². The number of amides is 1. The van der Waals surface area contributed by atoms with Gasteiger partial charge in [-0.3, -0.25) is 4.79 Å². The van der Waals surface area contributed by atoms with Gasteiger partial charge >= 0.3 is 0 Å². The number of hydrogen-bond donors (Lipinski definition) is 2. The van der Waals surface area contributed by atoms with E-state index in [9.17, 15) is 4.79 Å². The number of aromatic nitrogens is 1. The molecule has 0 atom stereocenters. The molecule has 0 unspecified atom stereocenters. The number of ether oxygens (including phenoxy) is 1. The van der Waals surface area contributed by atoms with Crippen LogP contribution in [0.2, 0.25) is 0 Å². The van der Waals surface area contributed by atoms with Crippen molar-refractivity contribution in [1.29, 1.82) is 0 Å². The molecule has 1 aliphatic heterocycles. The number of carbonyl (C=O) groups excluding carboxylic acids is 1. The lowest BCUT2D eigenvalue weighted by Gasteiger charge is -2.29. The molecule has 0 aliphatic carbocycles. The lowest BCUT2D eigenvalue weighted by Crippen LogP contribution is -2.38. The second-order valence-electron chi connectivity index (χ2n) is 7.86. The van der Waals surface area contributed by atoms with Gasteiger partial charge in [-0.2, -0.15) is 0 Å². The number of pyridine rings is 1. The molecule has 0 bridgehead atoms. The Bertz CT molecular complexity index is 909. The second kappa shape index (κ2) is 12.0. The van der Waals surface area contributed by atoms with E-state index in [1.807, 2.05) is 36.5 Å². The van der Waals surface area contributed by atoms with Gasteiger partial charge in [0.2, 0.25) is 0 Å². The number of nitrogens with zero attached hydrogens (tertiary/aromatic N) is 4. The zero-order valence-corrected chi connectivity index (χ0v) is 19.3. The van der Waals surface area contributed by atoms with Crippen molar-refractivity contribution in [1.82, 2.24) is 20.5 Å². The van der Waals surface area contributed by atoms with Crippen molar-refractivity contribution in [2.45, 2.75) is 19.9 Å². The van der Waals surface area contributed by atoms with Gasteiger partial charge in [-0.15, -0.1) is 0 Å². The number of hydrogen-bond acceptors (Lipinski definition) is 5.